The van der Waals surface area contributed by atoms with E-state index in [1.807, 2.05) is 0 Å². The highest BCUT2D eigenvalue weighted by atomic mass is 16.6. The number of ketones is 1. The molecule has 0 atom stereocenters. The normalized spacial score (nSPS) is 10.9. The number of carbonyl (C=O) groups excluding carboxylic acids is 2. The van der Waals surface area contributed by atoms with Crippen LogP contribution in [0, 0.1) is 0 Å². The second-order valence-electron chi connectivity index (χ2n) is 3.28. The number of esters is 1. The monoisotopic (exact) mass is 250 g/mol. The average molecular weight is 250 g/mol. The van der Waals surface area contributed by atoms with Crippen molar-refractivity contribution in [3.63, 3.8) is 0 Å². The summed E-state index contributed by atoms with van der Waals surface area (Å²) in [6, 6.07) is 3.26. The number of nitrogens with zero attached hydrogens (tertiary/aromatic N) is 2. The topological polar surface area (TPSA) is 77.9 Å². The molecule has 0 saturated carbocycles. The quantitative estimate of drug-likeness (QED) is 0.328. The van der Waals surface area contributed by atoms with Gasteiger partial charge in [0, 0.05) is 18.0 Å². The molecule has 0 aromatic carbocycles. The van der Waals surface area contributed by atoms with E-state index in [4.69, 9.17) is 4.74 Å². The molecule has 0 bridgehead atoms. The Bertz CT molecular complexity index is 443. The molecule has 0 radical (unpaired) electrons. The van der Waals surface area contributed by atoms with Crippen molar-refractivity contribution in [2.24, 2.45) is 5.16 Å². The molecule has 0 aliphatic carbocycles. The Balaban J connectivity index is 2.76. The fourth-order valence-corrected chi connectivity index (χ4v) is 1.25. The zero-order valence-corrected chi connectivity index (χ0v) is 10.3. The minimum absolute atomic E-state index is 0.0618. The first-order chi connectivity index (χ1) is 8.69. The van der Waals surface area contributed by atoms with E-state index >= 15 is 0 Å². The summed E-state index contributed by atoms with van der Waals surface area (Å²) in [5.41, 5.74) is 0.346. The summed E-state index contributed by atoms with van der Waals surface area (Å²) >= 11 is 0. The summed E-state index contributed by atoms with van der Waals surface area (Å²) in [5, 5.41) is 3.51. The van der Waals surface area contributed by atoms with Gasteiger partial charge in [0.1, 0.15) is 7.11 Å². The highest BCUT2D eigenvalue weighted by Gasteiger charge is 2.19. The Morgan fingerprint density at radius 3 is 2.78 bits per heavy atom. The number of rotatable bonds is 6. The molecule has 1 heterocycles. The lowest BCUT2D eigenvalue weighted by molar-refractivity contribution is -0.135. The summed E-state index contributed by atoms with van der Waals surface area (Å²) < 4.78 is 4.78. The van der Waals surface area contributed by atoms with Crippen LogP contribution in [0.15, 0.2) is 29.7 Å². The first-order valence-corrected chi connectivity index (χ1v) is 5.39. The molecule has 1 rings (SSSR count). The van der Waals surface area contributed by atoms with Crippen molar-refractivity contribution < 1.29 is 19.2 Å². The number of oxime groups is 1. The van der Waals surface area contributed by atoms with Gasteiger partial charge in [-0.25, -0.2) is 4.79 Å². The molecule has 0 spiro atoms. The molecule has 96 valence electrons. The standard InChI is InChI=1S/C12H14N2O4/c1-3-18-12(16)10(14-17-2)7-11(15)9-5-4-6-13-8-9/h4-6,8H,3,7H2,1-2H3/b14-10+. The molecule has 0 unspecified atom stereocenters. The van der Waals surface area contributed by atoms with Crippen molar-refractivity contribution in [2.75, 3.05) is 13.7 Å². The van der Waals surface area contributed by atoms with Gasteiger partial charge >= 0.3 is 5.97 Å². The molecule has 1 aromatic heterocycles. The molecular formula is C12H14N2O4. The van der Waals surface area contributed by atoms with Crippen LogP contribution in [0.3, 0.4) is 0 Å². The highest BCUT2D eigenvalue weighted by Crippen LogP contribution is 2.04. The summed E-state index contributed by atoms with van der Waals surface area (Å²) in [4.78, 5) is 31.7. The van der Waals surface area contributed by atoms with Gasteiger partial charge in [-0.2, -0.15) is 0 Å². The maximum Gasteiger partial charge on any atom is 0.356 e. The SMILES string of the molecule is CCOC(=O)/C(CC(=O)c1cccnc1)=N/OC. The van der Waals surface area contributed by atoms with Crippen LogP contribution in [0.4, 0.5) is 0 Å². The maximum atomic E-state index is 11.9. The van der Waals surface area contributed by atoms with Crippen LogP contribution in [0.1, 0.15) is 23.7 Å². The summed E-state index contributed by atoms with van der Waals surface area (Å²) in [5.74, 6) is -0.927. The number of hydrogen-bond donors (Lipinski definition) is 0. The fourth-order valence-electron chi connectivity index (χ4n) is 1.25. The smallest absolute Gasteiger partial charge is 0.356 e. The molecule has 1 aromatic rings. The van der Waals surface area contributed by atoms with Crippen LogP contribution in [-0.4, -0.2) is 36.2 Å². The molecule has 0 N–H and O–H groups in total. The predicted molar refractivity (Wildman–Crippen MR) is 64.3 cm³/mol. The number of hydrogen-bond acceptors (Lipinski definition) is 6. The van der Waals surface area contributed by atoms with Gasteiger partial charge in [-0.05, 0) is 19.1 Å². The molecule has 0 amide bonds. The molecule has 0 fully saturated rings. The number of ether oxygens (including phenoxy) is 1. The number of pyridine rings is 1. The molecular weight excluding hydrogens is 236 g/mol. The Morgan fingerprint density at radius 1 is 1.44 bits per heavy atom. The molecule has 18 heavy (non-hydrogen) atoms. The molecule has 0 saturated heterocycles. The minimum atomic E-state index is -0.656. The Morgan fingerprint density at radius 2 is 2.22 bits per heavy atom. The van der Waals surface area contributed by atoms with Gasteiger partial charge in [-0.1, -0.05) is 5.16 Å². The van der Waals surface area contributed by atoms with Crippen LogP contribution in [0.5, 0.6) is 0 Å². The lowest BCUT2D eigenvalue weighted by Crippen LogP contribution is -2.21. The third kappa shape index (κ3) is 3.97. The maximum absolute atomic E-state index is 11.9. The Kier molecular flexibility index (Phi) is 5.50. The van der Waals surface area contributed by atoms with Crippen molar-refractivity contribution >= 4 is 17.5 Å². The van der Waals surface area contributed by atoms with Crippen molar-refractivity contribution in [1.82, 2.24) is 4.98 Å². The van der Waals surface area contributed by atoms with Crippen molar-refractivity contribution in [3.8, 4) is 0 Å². The fraction of sp³-hybridized carbons (Fsp3) is 0.333. The zero-order chi connectivity index (χ0) is 13.4. The van der Waals surface area contributed by atoms with E-state index in [-0.39, 0.29) is 24.5 Å². The Hall–Kier alpha value is -2.24. The number of aromatic nitrogens is 1. The van der Waals surface area contributed by atoms with Gasteiger partial charge in [0.25, 0.3) is 0 Å². The summed E-state index contributed by atoms with van der Waals surface area (Å²) in [6.07, 6.45) is 2.81. The van der Waals surface area contributed by atoms with Crippen LogP contribution in [-0.2, 0) is 14.4 Å². The summed E-state index contributed by atoms with van der Waals surface area (Å²) in [7, 11) is 1.30. The van der Waals surface area contributed by atoms with Crippen LogP contribution in [0.2, 0.25) is 0 Å². The van der Waals surface area contributed by atoms with E-state index in [0.29, 0.717) is 5.56 Å². The van der Waals surface area contributed by atoms with Gasteiger partial charge in [0.05, 0.1) is 13.0 Å². The van der Waals surface area contributed by atoms with Crippen LogP contribution in [0.25, 0.3) is 0 Å². The van der Waals surface area contributed by atoms with Crippen molar-refractivity contribution in [1.29, 1.82) is 0 Å². The Labute approximate surface area is 105 Å². The largest absolute Gasteiger partial charge is 0.461 e. The number of Topliss-reactive ketones (excluding diaryl/α,β-unsaturated/α-hetero) is 1. The van der Waals surface area contributed by atoms with Gasteiger partial charge in [0.15, 0.2) is 11.5 Å². The third-order valence-corrected chi connectivity index (χ3v) is 2.02. The molecule has 0 aliphatic rings. The molecule has 6 nitrogen and oxygen atoms in total. The van der Waals surface area contributed by atoms with Crippen molar-refractivity contribution in [3.05, 3.63) is 30.1 Å². The van der Waals surface area contributed by atoms with E-state index in [1.165, 1.54) is 13.3 Å². The molecule has 0 aliphatic heterocycles. The van der Waals surface area contributed by atoms with Gasteiger partial charge in [0.2, 0.25) is 0 Å². The molecule has 6 heteroatoms. The van der Waals surface area contributed by atoms with E-state index < -0.39 is 5.97 Å². The van der Waals surface area contributed by atoms with E-state index in [2.05, 4.69) is 15.0 Å². The third-order valence-electron chi connectivity index (χ3n) is 2.02. The van der Waals surface area contributed by atoms with Crippen LogP contribution < -0.4 is 0 Å². The van der Waals surface area contributed by atoms with E-state index in [1.54, 1.807) is 25.3 Å². The minimum Gasteiger partial charge on any atom is -0.461 e. The van der Waals surface area contributed by atoms with E-state index in [0.717, 1.165) is 0 Å². The predicted octanol–water partition coefficient (Wildman–Crippen LogP) is 1.22. The van der Waals surface area contributed by atoms with E-state index in [9.17, 15) is 9.59 Å². The lowest BCUT2D eigenvalue weighted by atomic mass is 10.1. The average Bonchev–Trinajstić information content (AvgIpc) is 2.39. The van der Waals surface area contributed by atoms with Gasteiger partial charge < -0.3 is 9.57 Å². The highest BCUT2D eigenvalue weighted by molar-refractivity contribution is 6.40. The second-order valence-corrected chi connectivity index (χ2v) is 3.28. The summed E-state index contributed by atoms with van der Waals surface area (Å²) in [6.45, 7) is 1.88. The zero-order valence-electron chi connectivity index (χ0n) is 10.3. The van der Waals surface area contributed by atoms with Crippen LogP contribution >= 0.6 is 0 Å². The van der Waals surface area contributed by atoms with Gasteiger partial charge in [-0.3, -0.25) is 9.78 Å². The number of carbonyl (C=O) groups is 2. The van der Waals surface area contributed by atoms with Gasteiger partial charge in [-0.15, -0.1) is 0 Å². The lowest BCUT2D eigenvalue weighted by Gasteiger charge is -2.04. The van der Waals surface area contributed by atoms with Crippen molar-refractivity contribution in [2.45, 2.75) is 13.3 Å². The first kappa shape index (κ1) is 13.8. The second kappa shape index (κ2) is 7.16. The first-order valence-electron chi connectivity index (χ1n) is 5.39.